The Morgan fingerprint density at radius 3 is 1.97 bits per heavy atom. The van der Waals surface area contributed by atoms with Gasteiger partial charge in [0.2, 0.25) is 0 Å². The van der Waals surface area contributed by atoms with Gasteiger partial charge in [-0.15, -0.1) is 11.8 Å². The third-order valence-corrected chi connectivity index (χ3v) is 7.79. The topological polar surface area (TPSA) is 150 Å². The molecule has 0 spiro atoms. The SMILES string of the molecule is CCC(C)C(=O)OCCOC(=O)CCSc1ccc(OS(=O)(=O)C(F)(F)C(F)(F)C(F)(F)S(=O)(=O)O)cc1. The first-order chi connectivity index (χ1) is 17.2. The third kappa shape index (κ3) is 7.89. The summed E-state index contributed by atoms with van der Waals surface area (Å²) in [7, 11) is -14.1. The lowest BCUT2D eigenvalue weighted by atomic mass is 10.1. The molecule has 0 radical (unpaired) electrons. The fourth-order valence-corrected chi connectivity index (χ4v) is 4.45. The van der Waals surface area contributed by atoms with Crippen molar-refractivity contribution in [3.05, 3.63) is 24.3 Å². The van der Waals surface area contributed by atoms with E-state index < -0.39 is 54.4 Å². The normalized spacial score (nSPS) is 14.0. The maximum atomic E-state index is 13.8. The van der Waals surface area contributed by atoms with Crippen LogP contribution in [0.1, 0.15) is 26.7 Å². The van der Waals surface area contributed by atoms with Crippen LogP contribution in [0.3, 0.4) is 0 Å². The van der Waals surface area contributed by atoms with Crippen molar-refractivity contribution in [2.24, 2.45) is 5.92 Å². The van der Waals surface area contributed by atoms with Crippen LogP contribution in [-0.4, -0.2) is 68.7 Å². The maximum Gasteiger partial charge on any atom is 0.450 e. The molecule has 218 valence electrons. The van der Waals surface area contributed by atoms with Gasteiger partial charge in [0, 0.05) is 10.6 Å². The Balaban J connectivity index is 2.68. The van der Waals surface area contributed by atoms with Gasteiger partial charge in [-0.1, -0.05) is 13.8 Å². The van der Waals surface area contributed by atoms with E-state index in [2.05, 4.69) is 4.18 Å². The summed E-state index contributed by atoms with van der Waals surface area (Å²) < 4.78 is 147. The van der Waals surface area contributed by atoms with Crippen molar-refractivity contribution in [2.45, 2.75) is 48.0 Å². The Kier molecular flexibility index (Phi) is 11.3. The second-order valence-electron chi connectivity index (χ2n) is 7.39. The van der Waals surface area contributed by atoms with Gasteiger partial charge in [0.25, 0.3) is 0 Å². The number of alkyl halides is 6. The van der Waals surface area contributed by atoms with Gasteiger partial charge >= 0.3 is 48.6 Å². The molecule has 0 aliphatic carbocycles. The number of hydrogen-bond donors (Lipinski definition) is 1. The van der Waals surface area contributed by atoms with Crippen LogP contribution in [0.4, 0.5) is 26.3 Å². The summed E-state index contributed by atoms with van der Waals surface area (Å²) in [6.45, 7) is 3.16. The summed E-state index contributed by atoms with van der Waals surface area (Å²) >= 11 is 0.989. The molecule has 0 amide bonds. The Labute approximate surface area is 217 Å². The molecule has 0 heterocycles. The number of hydrogen-bond acceptors (Lipinski definition) is 10. The molecule has 0 aliphatic rings. The monoisotopic (exact) mass is 620 g/mol. The van der Waals surface area contributed by atoms with Gasteiger partial charge in [0.1, 0.15) is 19.0 Å². The highest BCUT2D eigenvalue weighted by atomic mass is 32.2. The molecule has 0 fully saturated rings. The summed E-state index contributed by atoms with van der Waals surface area (Å²) in [4.78, 5) is 23.5. The Morgan fingerprint density at radius 1 is 0.947 bits per heavy atom. The first-order valence-corrected chi connectivity index (χ1v) is 14.1. The van der Waals surface area contributed by atoms with Gasteiger partial charge in [-0.05, 0) is 30.7 Å². The highest BCUT2D eigenvalue weighted by Gasteiger charge is 2.83. The van der Waals surface area contributed by atoms with E-state index in [9.17, 15) is 52.8 Å². The second kappa shape index (κ2) is 12.7. The minimum absolute atomic E-state index is 0.110. The summed E-state index contributed by atoms with van der Waals surface area (Å²) in [5.74, 6) is -9.41. The van der Waals surface area contributed by atoms with Crippen molar-refractivity contribution in [3.8, 4) is 5.75 Å². The molecule has 0 saturated carbocycles. The van der Waals surface area contributed by atoms with Crippen molar-refractivity contribution >= 4 is 43.9 Å². The van der Waals surface area contributed by atoms with Gasteiger partial charge in [-0.3, -0.25) is 14.1 Å². The standard InChI is InChI=1S/C19H22F6O10S3/c1-3-12(2)16(27)34-10-9-33-15(26)8-11-36-14-6-4-13(5-7-14)35-38(31,32)19(24,25)17(20,21)18(22,23)37(28,29)30/h4-7,12H,3,8-11H2,1-2H3,(H,28,29,30). The van der Waals surface area contributed by atoms with Crippen molar-refractivity contribution in [1.82, 2.24) is 0 Å². The lowest BCUT2D eigenvalue weighted by Crippen LogP contribution is -2.61. The number of halogens is 6. The van der Waals surface area contributed by atoms with Crippen LogP contribution in [0.5, 0.6) is 5.75 Å². The number of ether oxygens (including phenoxy) is 2. The van der Waals surface area contributed by atoms with E-state index in [0.29, 0.717) is 23.4 Å². The number of thioether (sulfide) groups is 1. The number of rotatable bonds is 15. The highest BCUT2D eigenvalue weighted by molar-refractivity contribution is 7.99. The molecule has 1 N–H and O–H groups in total. The molecular weight excluding hydrogens is 598 g/mol. The Morgan fingerprint density at radius 2 is 1.47 bits per heavy atom. The van der Waals surface area contributed by atoms with Crippen molar-refractivity contribution in [2.75, 3.05) is 19.0 Å². The molecule has 0 aromatic heterocycles. The molecule has 0 aliphatic heterocycles. The zero-order valence-corrected chi connectivity index (χ0v) is 22.0. The lowest BCUT2D eigenvalue weighted by molar-refractivity contribution is -0.247. The summed E-state index contributed by atoms with van der Waals surface area (Å²) in [5.41, 5.74) is 0. The van der Waals surface area contributed by atoms with Crippen LogP contribution < -0.4 is 4.18 Å². The van der Waals surface area contributed by atoms with Crippen LogP contribution in [0.25, 0.3) is 0 Å². The molecule has 19 heteroatoms. The minimum atomic E-state index is -7.15. The van der Waals surface area contributed by atoms with Crippen molar-refractivity contribution < 1.29 is 71.0 Å². The number of carbonyl (C=O) groups is 2. The zero-order chi connectivity index (χ0) is 29.6. The van der Waals surface area contributed by atoms with E-state index in [1.807, 2.05) is 0 Å². The van der Waals surface area contributed by atoms with Crippen LogP contribution >= 0.6 is 11.8 Å². The van der Waals surface area contributed by atoms with E-state index in [0.717, 1.165) is 23.9 Å². The molecule has 1 rings (SSSR count). The van der Waals surface area contributed by atoms with E-state index in [-0.39, 0.29) is 31.3 Å². The second-order valence-corrected chi connectivity index (χ2v) is 11.6. The van der Waals surface area contributed by atoms with Crippen LogP contribution in [0.15, 0.2) is 29.2 Å². The first kappa shape index (κ1) is 33.8. The number of esters is 2. The molecule has 1 aromatic rings. The predicted octanol–water partition coefficient (Wildman–Crippen LogP) is 3.72. The molecule has 38 heavy (non-hydrogen) atoms. The molecular formula is C19H22F6O10S3. The van der Waals surface area contributed by atoms with Gasteiger partial charge in [-0.25, -0.2) is 0 Å². The summed E-state index contributed by atoms with van der Waals surface area (Å²) in [6, 6.07) is 3.49. The van der Waals surface area contributed by atoms with Gasteiger partial charge in [0.15, 0.2) is 0 Å². The van der Waals surface area contributed by atoms with Crippen molar-refractivity contribution in [3.63, 3.8) is 0 Å². The van der Waals surface area contributed by atoms with E-state index >= 15 is 0 Å². The fraction of sp³-hybridized carbons (Fsp3) is 0.579. The number of carbonyl (C=O) groups excluding carboxylic acids is 2. The Bertz CT molecular complexity index is 1190. The Hall–Kier alpha value is -2.25. The molecule has 1 atom stereocenters. The maximum absolute atomic E-state index is 13.8. The summed E-state index contributed by atoms with van der Waals surface area (Å²) in [6.07, 6.45) is 0.455. The first-order valence-electron chi connectivity index (χ1n) is 10.3. The molecule has 1 unspecified atom stereocenters. The molecule has 10 nitrogen and oxygen atoms in total. The molecule has 0 bridgehead atoms. The smallest absolute Gasteiger partial charge is 0.450 e. The molecule has 1 aromatic carbocycles. The van der Waals surface area contributed by atoms with Crippen LogP contribution in [0.2, 0.25) is 0 Å². The highest BCUT2D eigenvalue weighted by Crippen LogP contribution is 2.50. The minimum Gasteiger partial charge on any atom is -0.462 e. The largest absolute Gasteiger partial charge is 0.462 e. The van der Waals surface area contributed by atoms with E-state index in [1.54, 1.807) is 13.8 Å². The van der Waals surface area contributed by atoms with E-state index in [4.69, 9.17) is 14.0 Å². The average Bonchev–Trinajstić information content (AvgIpc) is 2.80. The zero-order valence-electron chi connectivity index (χ0n) is 19.5. The average molecular weight is 621 g/mol. The predicted molar refractivity (Wildman–Crippen MR) is 119 cm³/mol. The van der Waals surface area contributed by atoms with E-state index in [1.165, 1.54) is 0 Å². The van der Waals surface area contributed by atoms with Crippen molar-refractivity contribution in [1.29, 1.82) is 0 Å². The van der Waals surface area contributed by atoms with Gasteiger partial charge in [0.05, 0.1) is 12.3 Å². The van der Waals surface area contributed by atoms with Crippen LogP contribution in [-0.2, 0) is 39.3 Å². The van der Waals surface area contributed by atoms with Gasteiger partial charge < -0.3 is 13.7 Å². The van der Waals surface area contributed by atoms with Crippen LogP contribution in [0, 0.1) is 5.92 Å². The fourth-order valence-electron chi connectivity index (χ4n) is 2.19. The molecule has 0 saturated heterocycles. The third-order valence-electron chi connectivity index (χ3n) is 4.58. The summed E-state index contributed by atoms with van der Waals surface area (Å²) in [5, 5.41) is -13.7. The quantitative estimate of drug-likeness (QED) is 0.0763. The number of benzene rings is 1. The lowest BCUT2D eigenvalue weighted by Gasteiger charge is -2.29. The van der Waals surface area contributed by atoms with Gasteiger partial charge in [-0.2, -0.15) is 43.2 Å².